The highest BCUT2D eigenvalue weighted by atomic mass is 19.3. The normalized spacial score (nSPS) is 25.0. The maximum Gasteiger partial charge on any atom is 0.335 e. The highest BCUT2D eigenvalue weighted by Crippen LogP contribution is 2.39. The number of nitrogens with one attached hydrogen (secondary N) is 1. The molecule has 0 unspecified atom stereocenters. The van der Waals surface area contributed by atoms with Crippen LogP contribution in [0.25, 0.3) is 12.2 Å². The molecule has 0 aromatic heterocycles. The molecule has 2 aromatic rings. The third kappa shape index (κ3) is 5.25. The molecule has 2 aromatic carbocycles. The number of hydrogen-bond acceptors (Lipinski definition) is 7. The molecule has 4 N–H and O–H groups in total. The van der Waals surface area contributed by atoms with Crippen LogP contribution in [-0.2, 0) is 9.53 Å². The lowest BCUT2D eigenvalue weighted by Crippen LogP contribution is -2.61. The summed E-state index contributed by atoms with van der Waals surface area (Å²) < 4.78 is 35.0. The number of ether oxygens (including phenoxy) is 1. The summed E-state index contributed by atoms with van der Waals surface area (Å²) in [6, 6.07) is 16.1. The molecule has 2 fully saturated rings. The Labute approximate surface area is 216 Å². The van der Waals surface area contributed by atoms with Crippen LogP contribution in [0.2, 0.25) is 0 Å². The standard InChI is InChI=1S/C27H25F2N3O6/c28-27(29)23(36)21(16-33)38-25(27)31-15-19(20(34)13-11-17-7-3-1-4-8-17)24(30)32(26(31)37)22(35)14-12-18-9-5-2-6-10-18/h1-14,21,23,25,30,33-34,36H,15-16H2/t21-,23-,25-/m1/s1. The predicted molar refractivity (Wildman–Crippen MR) is 134 cm³/mol. The molecule has 0 spiro atoms. The second kappa shape index (κ2) is 11.1. The Balaban J connectivity index is 1.72. The topological polar surface area (TPSA) is 134 Å². The van der Waals surface area contributed by atoms with E-state index < -0.39 is 61.0 Å². The molecule has 0 saturated carbocycles. The Bertz CT molecular complexity index is 1300. The molecule has 3 amide bonds. The van der Waals surface area contributed by atoms with Crippen molar-refractivity contribution in [3.8, 4) is 0 Å². The first-order chi connectivity index (χ1) is 18.1. The number of halogens is 2. The number of carbonyl (C=O) groups is 2. The Kier molecular flexibility index (Phi) is 7.81. The van der Waals surface area contributed by atoms with E-state index in [9.17, 15) is 33.7 Å². The van der Waals surface area contributed by atoms with Crippen molar-refractivity contribution in [2.45, 2.75) is 24.4 Å². The first-order valence-corrected chi connectivity index (χ1v) is 11.6. The minimum Gasteiger partial charge on any atom is -0.507 e. The average molecular weight is 526 g/mol. The second-order valence-corrected chi connectivity index (χ2v) is 8.61. The lowest BCUT2D eigenvalue weighted by Gasteiger charge is -2.39. The summed E-state index contributed by atoms with van der Waals surface area (Å²) in [7, 11) is 0. The number of urea groups is 1. The van der Waals surface area contributed by atoms with Crippen molar-refractivity contribution in [3.05, 3.63) is 95.3 Å². The number of rotatable bonds is 6. The zero-order valence-corrected chi connectivity index (χ0v) is 19.9. The molecule has 0 radical (unpaired) electrons. The number of hydrogen-bond donors (Lipinski definition) is 4. The summed E-state index contributed by atoms with van der Waals surface area (Å²) in [4.78, 5) is 27.1. The highest BCUT2D eigenvalue weighted by Gasteiger charge is 2.62. The van der Waals surface area contributed by atoms with Gasteiger partial charge in [-0.2, -0.15) is 8.78 Å². The van der Waals surface area contributed by atoms with E-state index in [2.05, 4.69) is 0 Å². The fourth-order valence-corrected chi connectivity index (χ4v) is 4.06. The summed E-state index contributed by atoms with van der Waals surface area (Å²) in [6.45, 7) is -1.67. The van der Waals surface area contributed by atoms with Crippen molar-refractivity contribution in [2.24, 2.45) is 0 Å². The number of imide groups is 1. The van der Waals surface area contributed by atoms with Crippen LogP contribution in [0.15, 0.2) is 84.1 Å². The largest absolute Gasteiger partial charge is 0.507 e. The van der Waals surface area contributed by atoms with Crippen molar-refractivity contribution < 1.29 is 38.4 Å². The first kappa shape index (κ1) is 26.9. The number of amides is 3. The van der Waals surface area contributed by atoms with E-state index in [1.165, 1.54) is 18.2 Å². The van der Waals surface area contributed by atoms with Crippen molar-refractivity contribution in [1.29, 1.82) is 5.41 Å². The summed E-state index contributed by atoms with van der Waals surface area (Å²) in [6.07, 6.45) is -1.38. The maximum absolute atomic E-state index is 14.9. The van der Waals surface area contributed by atoms with Crippen LogP contribution in [0, 0.1) is 5.41 Å². The van der Waals surface area contributed by atoms with Crippen molar-refractivity contribution >= 4 is 29.9 Å². The van der Waals surface area contributed by atoms with Crippen LogP contribution in [0.1, 0.15) is 11.1 Å². The molecule has 2 heterocycles. The minimum atomic E-state index is -4.02. The quantitative estimate of drug-likeness (QED) is 0.338. The van der Waals surface area contributed by atoms with Gasteiger partial charge in [-0.1, -0.05) is 66.7 Å². The number of amidine groups is 1. The molecule has 9 nitrogen and oxygen atoms in total. The first-order valence-electron chi connectivity index (χ1n) is 11.6. The molecule has 2 aliphatic heterocycles. The van der Waals surface area contributed by atoms with E-state index in [-0.39, 0.29) is 5.57 Å². The van der Waals surface area contributed by atoms with E-state index in [1.54, 1.807) is 60.7 Å². The number of aliphatic hydroxyl groups is 3. The summed E-state index contributed by atoms with van der Waals surface area (Å²) in [5.74, 6) is -6.28. The second-order valence-electron chi connectivity index (χ2n) is 8.61. The molecule has 11 heteroatoms. The van der Waals surface area contributed by atoms with E-state index in [4.69, 9.17) is 10.1 Å². The van der Waals surface area contributed by atoms with E-state index in [1.807, 2.05) is 0 Å². The SMILES string of the molecule is N=C1C(=C(O)C=Cc2ccccc2)CN([C@@H]2O[C@H](CO)[C@@H](O)C2(F)F)C(=O)N1C(=O)C=Cc1ccccc1. The molecule has 38 heavy (non-hydrogen) atoms. The molecule has 4 rings (SSSR count). The summed E-state index contributed by atoms with van der Waals surface area (Å²) in [5, 5.41) is 38.6. The molecule has 2 saturated heterocycles. The zero-order chi connectivity index (χ0) is 27.4. The number of carbonyl (C=O) groups excluding carboxylic acids is 2. The summed E-state index contributed by atoms with van der Waals surface area (Å²) in [5.41, 5.74) is 0.991. The van der Waals surface area contributed by atoms with Crippen LogP contribution in [-0.4, -0.2) is 80.4 Å². The number of aliphatic hydroxyl groups excluding tert-OH is 3. The molecule has 198 valence electrons. The molecule has 3 atom stereocenters. The van der Waals surface area contributed by atoms with Crippen molar-refractivity contribution in [3.63, 3.8) is 0 Å². The maximum atomic E-state index is 14.9. The zero-order valence-electron chi connectivity index (χ0n) is 19.9. The third-order valence-corrected chi connectivity index (χ3v) is 6.10. The van der Waals surface area contributed by atoms with Gasteiger partial charge in [0.25, 0.3) is 5.91 Å². The third-order valence-electron chi connectivity index (χ3n) is 6.10. The minimum absolute atomic E-state index is 0.306. The molecule has 0 bridgehead atoms. The van der Waals surface area contributed by atoms with Crippen molar-refractivity contribution in [2.75, 3.05) is 13.2 Å². The molecular weight excluding hydrogens is 500 g/mol. The van der Waals surface area contributed by atoms with E-state index >= 15 is 0 Å². The van der Waals surface area contributed by atoms with Gasteiger partial charge in [0.1, 0.15) is 17.7 Å². The highest BCUT2D eigenvalue weighted by molar-refractivity contribution is 6.22. The fraction of sp³-hybridized carbons (Fsp3) is 0.222. The number of nitrogens with zero attached hydrogens (tertiary/aromatic N) is 2. The van der Waals surface area contributed by atoms with Gasteiger partial charge in [-0.3, -0.25) is 15.1 Å². The predicted octanol–water partition coefficient (Wildman–Crippen LogP) is 3.18. The average Bonchev–Trinajstić information content (AvgIpc) is 3.15. The Morgan fingerprint density at radius 3 is 2.13 bits per heavy atom. The van der Waals surface area contributed by atoms with Crippen LogP contribution < -0.4 is 0 Å². The Morgan fingerprint density at radius 2 is 1.61 bits per heavy atom. The Morgan fingerprint density at radius 1 is 1.05 bits per heavy atom. The van der Waals surface area contributed by atoms with Crippen LogP contribution in [0.5, 0.6) is 0 Å². The van der Waals surface area contributed by atoms with E-state index in [0.717, 1.165) is 6.08 Å². The molecule has 2 aliphatic rings. The van der Waals surface area contributed by atoms with Gasteiger partial charge in [0.2, 0.25) is 6.23 Å². The van der Waals surface area contributed by atoms with Gasteiger partial charge in [-0.15, -0.1) is 0 Å². The fourth-order valence-electron chi connectivity index (χ4n) is 4.06. The van der Waals surface area contributed by atoms with Gasteiger partial charge in [-0.25, -0.2) is 9.69 Å². The van der Waals surface area contributed by atoms with Crippen LogP contribution in [0.3, 0.4) is 0 Å². The van der Waals surface area contributed by atoms with Gasteiger partial charge in [-0.05, 0) is 23.3 Å². The number of allylic oxidation sites excluding steroid dienone is 1. The van der Waals surface area contributed by atoms with Crippen LogP contribution >= 0.6 is 0 Å². The lowest BCUT2D eigenvalue weighted by atomic mass is 10.1. The molecular formula is C27H25F2N3O6. The van der Waals surface area contributed by atoms with Gasteiger partial charge >= 0.3 is 12.0 Å². The van der Waals surface area contributed by atoms with Gasteiger partial charge in [0, 0.05) is 6.08 Å². The molecule has 0 aliphatic carbocycles. The Hall–Kier alpha value is -4.19. The van der Waals surface area contributed by atoms with Crippen LogP contribution in [0.4, 0.5) is 13.6 Å². The number of benzene rings is 2. The summed E-state index contributed by atoms with van der Waals surface area (Å²) >= 11 is 0. The van der Waals surface area contributed by atoms with Gasteiger partial charge in [0.15, 0.2) is 6.10 Å². The lowest BCUT2D eigenvalue weighted by molar-refractivity contribution is -0.156. The van der Waals surface area contributed by atoms with Crippen molar-refractivity contribution in [1.82, 2.24) is 9.80 Å². The van der Waals surface area contributed by atoms with E-state index in [0.29, 0.717) is 20.9 Å². The smallest absolute Gasteiger partial charge is 0.335 e. The van der Waals surface area contributed by atoms with Gasteiger partial charge < -0.3 is 20.1 Å². The number of alkyl halides is 2. The van der Waals surface area contributed by atoms with Gasteiger partial charge in [0.05, 0.1) is 18.7 Å². The monoisotopic (exact) mass is 525 g/mol.